The summed E-state index contributed by atoms with van der Waals surface area (Å²) in [6.07, 6.45) is 1.09. The van der Waals surface area contributed by atoms with Gasteiger partial charge >= 0.3 is 6.09 Å². The zero-order valence-electron chi connectivity index (χ0n) is 16.2. The monoisotopic (exact) mass is 366 g/mol. The van der Waals surface area contributed by atoms with Crippen molar-refractivity contribution in [2.45, 2.75) is 46.1 Å². The van der Waals surface area contributed by atoms with E-state index in [9.17, 15) is 9.18 Å². The number of alkyl carbamates (subject to hydrolysis) is 1. The van der Waals surface area contributed by atoms with Gasteiger partial charge in [-0.15, -0.1) is 0 Å². The smallest absolute Gasteiger partial charge is 0.407 e. The van der Waals surface area contributed by atoms with Gasteiger partial charge in [0, 0.05) is 26.2 Å². The molecule has 1 amide bonds. The average Bonchev–Trinajstić information content (AvgIpc) is 2.54. The second-order valence-electron chi connectivity index (χ2n) is 6.85. The van der Waals surface area contributed by atoms with Crippen molar-refractivity contribution in [1.82, 2.24) is 16.0 Å². The van der Waals surface area contributed by atoms with Crippen LogP contribution in [0.5, 0.6) is 0 Å². The fourth-order valence-electron chi connectivity index (χ4n) is 2.09. The maximum atomic E-state index is 12.9. The highest BCUT2D eigenvalue weighted by Gasteiger charge is 2.15. The van der Waals surface area contributed by atoms with Gasteiger partial charge < -0.3 is 20.7 Å². The lowest BCUT2D eigenvalue weighted by molar-refractivity contribution is 0.0527. The fourth-order valence-corrected chi connectivity index (χ4v) is 2.09. The highest BCUT2D eigenvalue weighted by molar-refractivity contribution is 5.79. The summed E-state index contributed by atoms with van der Waals surface area (Å²) in [5.41, 5.74) is 0.575. The van der Waals surface area contributed by atoms with Crippen molar-refractivity contribution in [3.63, 3.8) is 0 Å². The molecule has 146 valence electrons. The van der Waals surface area contributed by atoms with Crippen molar-refractivity contribution < 1.29 is 13.9 Å². The van der Waals surface area contributed by atoms with Crippen molar-refractivity contribution >= 4 is 12.1 Å². The minimum atomic E-state index is -0.491. The summed E-state index contributed by atoms with van der Waals surface area (Å²) in [5.74, 6) is 0.503. The lowest BCUT2D eigenvalue weighted by Gasteiger charge is -2.19. The van der Waals surface area contributed by atoms with Crippen LogP contribution in [0.15, 0.2) is 29.3 Å². The van der Waals surface area contributed by atoms with Crippen LogP contribution in [0.25, 0.3) is 0 Å². The number of rotatable bonds is 8. The van der Waals surface area contributed by atoms with Crippen LogP contribution in [0, 0.1) is 5.82 Å². The van der Waals surface area contributed by atoms with E-state index in [0.717, 1.165) is 24.5 Å². The minimum Gasteiger partial charge on any atom is -0.444 e. The highest BCUT2D eigenvalue weighted by Crippen LogP contribution is 2.06. The number of halogens is 1. The molecule has 0 saturated carbocycles. The Balaban J connectivity index is 2.27. The number of carbonyl (C=O) groups is 1. The van der Waals surface area contributed by atoms with E-state index in [1.54, 1.807) is 12.1 Å². The van der Waals surface area contributed by atoms with Crippen LogP contribution in [0.2, 0.25) is 0 Å². The van der Waals surface area contributed by atoms with Gasteiger partial charge in [-0.1, -0.05) is 12.1 Å². The van der Waals surface area contributed by atoms with Crippen molar-refractivity contribution in [3.05, 3.63) is 35.6 Å². The molecule has 0 unspecified atom stereocenters. The SMILES string of the molecule is CCNC(=NCCCNC(=O)OC(C)(C)C)NCCc1ccc(F)cc1. The first-order valence-electron chi connectivity index (χ1n) is 9.03. The third kappa shape index (κ3) is 10.5. The molecule has 1 aromatic rings. The van der Waals surface area contributed by atoms with Crippen LogP contribution in [0.1, 0.15) is 39.7 Å². The summed E-state index contributed by atoms with van der Waals surface area (Å²) < 4.78 is 18.1. The number of nitrogens with one attached hydrogen (secondary N) is 3. The molecular weight excluding hydrogens is 335 g/mol. The van der Waals surface area contributed by atoms with Gasteiger partial charge in [-0.2, -0.15) is 0 Å². The molecule has 1 aromatic carbocycles. The van der Waals surface area contributed by atoms with Gasteiger partial charge in [0.25, 0.3) is 0 Å². The van der Waals surface area contributed by atoms with Crippen LogP contribution in [-0.2, 0) is 11.2 Å². The lowest BCUT2D eigenvalue weighted by atomic mass is 10.1. The Kier molecular flexibility index (Phi) is 9.47. The van der Waals surface area contributed by atoms with Crippen molar-refractivity contribution in [1.29, 1.82) is 0 Å². The molecule has 0 aliphatic heterocycles. The van der Waals surface area contributed by atoms with E-state index in [1.807, 2.05) is 27.7 Å². The number of ether oxygens (including phenoxy) is 1. The molecule has 6 nitrogen and oxygen atoms in total. The highest BCUT2D eigenvalue weighted by atomic mass is 19.1. The Bertz CT molecular complexity index is 568. The molecule has 7 heteroatoms. The molecule has 1 rings (SSSR count). The molecule has 0 aromatic heterocycles. The number of guanidine groups is 1. The zero-order valence-corrected chi connectivity index (χ0v) is 16.2. The summed E-state index contributed by atoms with van der Waals surface area (Å²) in [7, 11) is 0. The molecule has 0 radical (unpaired) electrons. The summed E-state index contributed by atoms with van der Waals surface area (Å²) in [6.45, 7) is 10.0. The number of hydrogen-bond acceptors (Lipinski definition) is 3. The molecule has 0 spiro atoms. The first kappa shape index (κ1) is 21.7. The van der Waals surface area contributed by atoms with Crippen LogP contribution in [-0.4, -0.2) is 43.8 Å². The standard InChI is InChI=1S/C19H31FN4O2/c1-5-21-17(23-14-11-15-7-9-16(20)10-8-15)22-12-6-13-24-18(25)26-19(2,3)4/h7-10H,5-6,11-14H2,1-4H3,(H,24,25)(H2,21,22,23). The molecule has 0 aliphatic rings. The molecule has 0 saturated heterocycles. The predicted octanol–water partition coefficient (Wildman–Crippen LogP) is 2.84. The lowest BCUT2D eigenvalue weighted by Crippen LogP contribution is -2.38. The topological polar surface area (TPSA) is 74.8 Å². The molecule has 0 atom stereocenters. The van der Waals surface area contributed by atoms with E-state index >= 15 is 0 Å². The molecule has 0 fully saturated rings. The van der Waals surface area contributed by atoms with Gasteiger partial charge in [-0.25, -0.2) is 9.18 Å². The Morgan fingerprint density at radius 1 is 1.12 bits per heavy atom. The number of hydrogen-bond donors (Lipinski definition) is 3. The number of benzene rings is 1. The molecule has 3 N–H and O–H groups in total. The van der Waals surface area contributed by atoms with Crippen LogP contribution >= 0.6 is 0 Å². The van der Waals surface area contributed by atoms with E-state index in [-0.39, 0.29) is 5.82 Å². The number of nitrogens with zero attached hydrogens (tertiary/aromatic N) is 1. The number of amides is 1. The van der Waals surface area contributed by atoms with E-state index in [4.69, 9.17) is 4.74 Å². The van der Waals surface area contributed by atoms with Crippen LogP contribution in [0.4, 0.5) is 9.18 Å². The quantitative estimate of drug-likeness (QED) is 0.376. The van der Waals surface area contributed by atoms with E-state index in [1.165, 1.54) is 12.1 Å². The second kappa shape index (κ2) is 11.3. The van der Waals surface area contributed by atoms with Gasteiger partial charge in [-0.05, 0) is 58.2 Å². The van der Waals surface area contributed by atoms with Gasteiger partial charge in [-0.3, -0.25) is 4.99 Å². The predicted molar refractivity (Wildman–Crippen MR) is 103 cm³/mol. The van der Waals surface area contributed by atoms with E-state index in [0.29, 0.717) is 26.1 Å². The minimum absolute atomic E-state index is 0.225. The Morgan fingerprint density at radius 3 is 2.42 bits per heavy atom. The largest absolute Gasteiger partial charge is 0.444 e. The third-order valence-corrected chi connectivity index (χ3v) is 3.24. The van der Waals surface area contributed by atoms with E-state index < -0.39 is 11.7 Å². The molecule has 0 heterocycles. The summed E-state index contributed by atoms with van der Waals surface area (Å²) in [4.78, 5) is 16.0. The molecular formula is C19H31FN4O2. The van der Waals surface area contributed by atoms with Gasteiger partial charge in [0.05, 0.1) is 0 Å². The van der Waals surface area contributed by atoms with Gasteiger partial charge in [0.2, 0.25) is 0 Å². The third-order valence-electron chi connectivity index (χ3n) is 3.24. The van der Waals surface area contributed by atoms with Gasteiger partial charge in [0.1, 0.15) is 11.4 Å². The Morgan fingerprint density at radius 2 is 1.81 bits per heavy atom. The van der Waals surface area contributed by atoms with Crippen molar-refractivity contribution in [2.24, 2.45) is 4.99 Å². The number of carbonyl (C=O) groups excluding carboxylic acids is 1. The first-order valence-corrected chi connectivity index (χ1v) is 9.03. The summed E-state index contributed by atoms with van der Waals surface area (Å²) in [5, 5.41) is 9.14. The Labute approximate surface area is 155 Å². The molecule has 26 heavy (non-hydrogen) atoms. The normalized spacial score (nSPS) is 11.8. The maximum absolute atomic E-state index is 12.9. The maximum Gasteiger partial charge on any atom is 0.407 e. The second-order valence-corrected chi connectivity index (χ2v) is 6.85. The first-order chi connectivity index (χ1) is 12.3. The Hall–Kier alpha value is -2.31. The van der Waals surface area contributed by atoms with Crippen LogP contribution < -0.4 is 16.0 Å². The molecule has 0 bridgehead atoms. The van der Waals surface area contributed by atoms with E-state index in [2.05, 4.69) is 20.9 Å². The van der Waals surface area contributed by atoms with Crippen molar-refractivity contribution in [2.75, 3.05) is 26.2 Å². The molecule has 0 aliphatic carbocycles. The average molecular weight is 366 g/mol. The van der Waals surface area contributed by atoms with Crippen molar-refractivity contribution in [3.8, 4) is 0 Å². The van der Waals surface area contributed by atoms with Gasteiger partial charge in [0.15, 0.2) is 5.96 Å². The fraction of sp³-hybridized carbons (Fsp3) is 0.579. The summed E-state index contributed by atoms with van der Waals surface area (Å²) >= 11 is 0. The zero-order chi connectivity index (χ0) is 19.4. The number of aliphatic imine (C=N–C) groups is 1. The summed E-state index contributed by atoms with van der Waals surface area (Å²) in [6, 6.07) is 6.49. The van der Waals surface area contributed by atoms with Crippen LogP contribution in [0.3, 0.4) is 0 Å².